The maximum absolute atomic E-state index is 12.6. The van der Waals surface area contributed by atoms with Crippen LogP contribution in [0.15, 0.2) is 28.0 Å². The van der Waals surface area contributed by atoms with Crippen molar-refractivity contribution in [3.63, 3.8) is 0 Å². The van der Waals surface area contributed by atoms with Gasteiger partial charge in [-0.25, -0.2) is 23.2 Å². The first-order valence-electron chi connectivity index (χ1n) is 9.27. The fraction of sp³-hybridized carbons (Fsp3) is 0.526. The van der Waals surface area contributed by atoms with Crippen molar-refractivity contribution in [1.29, 1.82) is 0 Å². The van der Waals surface area contributed by atoms with E-state index in [2.05, 4.69) is 25.9 Å². The van der Waals surface area contributed by atoms with Gasteiger partial charge < -0.3 is 9.47 Å². The number of amides is 1. The van der Waals surface area contributed by atoms with Crippen molar-refractivity contribution in [2.75, 3.05) is 12.8 Å². The lowest BCUT2D eigenvalue weighted by Crippen LogP contribution is -2.48. The number of benzene rings is 1. The molecule has 1 saturated heterocycles. The summed E-state index contributed by atoms with van der Waals surface area (Å²) in [5.74, 6) is 0.469. The molecular weight excluding hydrogens is 462 g/mol. The summed E-state index contributed by atoms with van der Waals surface area (Å²) < 4.78 is 35.8. The molecule has 29 heavy (non-hydrogen) atoms. The second-order valence-corrected chi connectivity index (χ2v) is 10.8. The van der Waals surface area contributed by atoms with Gasteiger partial charge in [0.25, 0.3) is 0 Å². The second kappa shape index (κ2) is 8.06. The number of sulfone groups is 1. The number of hydrogen-bond acceptors (Lipinski definition) is 7. The number of fused-ring (bicyclic) bond motifs is 1. The molecule has 0 spiro atoms. The topological polar surface area (TPSA) is 98.7 Å². The number of carbonyl (C=O) groups is 1. The summed E-state index contributed by atoms with van der Waals surface area (Å²) in [5.41, 5.74) is -0.153. The van der Waals surface area contributed by atoms with Crippen LogP contribution >= 0.6 is 15.9 Å². The molecule has 1 unspecified atom stereocenters. The molecule has 10 heteroatoms. The van der Waals surface area contributed by atoms with Crippen molar-refractivity contribution in [2.45, 2.75) is 57.0 Å². The molecule has 1 aromatic heterocycles. The van der Waals surface area contributed by atoms with Gasteiger partial charge in [-0.1, -0.05) is 0 Å². The van der Waals surface area contributed by atoms with Crippen LogP contribution in [-0.4, -0.2) is 54.0 Å². The summed E-state index contributed by atoms with van der Waals surface area (Å²) in [6.45, 7) is 6.02. The molecule has 0 saturated carbocycles. The average molecular weight is 486 g/mol. The second-order valence-electron chi connectivity index (χ2n) is 8.01. The van der Waals surface area contributed by atoms with Crippen molar-refractivity contribution >= 4 is 42.8 Å². The van der Waals surface area contributed by atoms with Crippen LogP contribution in [-0.2, 0) is 14.6 Å². The molecular formula is C19H24BrN3O5S. The minimum atomic E-state index is -3.53. The number of aromatic nitrogens is 2. The van der Waals surface area contributed by atoms with E-state index in [0.29, 0.717) is 34.1 Å². The third-order valence-electron chi connectivity index (χ3n) is 4.28. The Kier molecular flexibility index (Phi) is 6.05. The van der Waals surface area contributed by atoms with E-state index in [1.807, 2.05) is 20.8 Å². The number of piperidine rings is 1. The molecule has 2 heterocycles. The number of ether oxygens (including phenoxy) is 2. The van der Waals surface area contributed by atoms with Gasteiger partial charge in [0.1, 0.15) is 11.4 Å². The molecule has 0 bridgehead atoms. The van der Waals surface area contributed by atoms with Crippen molar-refractivity contribution in [2.24, 2.45) is 0 Å². The van der Waals surface area contributed by atoms with Gasteiger partial charge >= 0.3 is 6.09 Å². The number of nitrogens with zero attached hydrogens (tertiary/aromatic N) is 3. The van der Waals surface area contributed by atoms with E-state index in [0.717, 1.165) is 19.1 Å². The van der Waals surface area contributed by atoms with E-state index in [4.69, 9.17) is 9.47 Å². The van der Waals surface area contributed by atoms with E-state index < -0.39 is 27.8 Å². The molecule has 1 aliphatic heterocycles. The van der Waals surface area contributed by atoms with Gasteiger partial charge in [-0.15, -0.1) is 0 Å². The largest absolute Gasteiger partial charge is 0.469 e. The Morgan fingerprint density at radius 3 is 2.66 bits per heavy atom. The lowest BCUT2D eigenvalue weighted by Gasteiger charge is -2.36. The number of halogens is 1. The molecule has 0 N–H and O–H groups in total. The van der Waals surface area contributed by atoms with Crippen molar-refractivity contribution in [1.82, 2.24) is 14.9 Å². The highest BCUT2D eigenvalue weighted by molar-refractivity contribution is 9.10. The highest BCUT2D eigenvalue weighted by Gasteiger charge is 2.32. The maximum Gasteiger partial charge on any atom is 0.413 e. The van der Waals surface area contributed by atoms with Gasteiger partial charge in [-0.3, -0.25) is 4.90 Å². The summed E-state index contributed by atoms with van der Waals surface area (Å²) >= 11 is 3.47. The van der Waals surface area contributed by atoms with Crippen LogP contribution in [0.5, 0.6) is 5.75 Å². The zero-order valence-electron chi connectivity index (χ0n) is 16.8. The number of hydrogen-bond donors (Lipinski definition) is 0. The molecule has 1 aromatic carbocycles. The van der Waals surface area contributed by atoms with Crippen molar-refractivity contribution in [3.8, 4) is 5.75 Å². The molecule has 1 fully saturated rings. The van der Waals surface area contributed by atoms with Gasteiger partial charge in [-0.05, 0) is 55.6 Å². The van der Waals surface area contributed by atoms with Crippen LogP contribution in [0.3, 0.4) is 0 Å². The van der Waals surface area contributed by atoms with E-state index in [-0.39, 0.29) is 5.16 Å². The van der Waals surface area contributed by atoms with Gasteiger partial charge in [0.15, 0.2) is 6.23 Å². The van der Waals surface area contributed by atoms with Crippen molar-refractivity contribution in [3.05, 3.63) is 22.8 Å². The Morgan fingerprint density at radius 1 is 1.28 bits per heavy atom. The van der Waals surface area contributed by atoms with Crippen LogP contribution in [0.2, 0.25) is 0 Å². The lowest BCUT2D eigenvalue weighted by molar-refractivity contribution is -0.0343. The highest BCUT2D eigenvalue weighted by atomic mass is 79.9. The van der Waals surface area contributed by atoms with E-state index in [1.165, 1.54) is 6.20 Å². The van der Waals surface area contributed by atoms with E-state index >= 15 is 0 Å². The smallest absolute Gasteiger partial charge is 0.413 e. The highest BCUT2D eigenvalue weighted by Crippen LogP contribution is 2.33. The lowest BCUT2D eigenvalue weighted by atomic mass is 10.1. The normalized spacial score (nSPS) is 18.0. The standard InChI is InChI=1S/C19H24BrN3O5S/c1-19(2,3)28-18(24)23-8-6-5-7-16(23)27-15-10-14-12(9-13(15)20)11-21-17(22-14)29(4,25)26/h9-11,16H,5-8H2,1-4H3. The monoisotopic (exact) mass is 485 g/mol. The summed E-state index contributed by atoms with van der Waals surface area (Å²) in [7, 11) is -3.53. The molecule has 3 rings (SSSR count). The zero-order valence-corrected chi connectivity index (χ0v) is 19.2. The van der Waals surface area contributed by atoms with E-state index in [9.17, 15) is 13.2 Å². The third kappa shape index (κ3) is 5.36. The SMILES string of the molecule is CC(C)(C)OC(=O)N1CCCCC1Oc1cc2nc(S(C)(=O)=O)ncc2cc1Br. The van der Waals surface area contributed by atoms with Gasteiger partial charge in [0.05, 0.1) is 9.99 Å². The Labute approximate surface area is 178 Å². The summed E-state index contributed by atoms with van der Waals surface area (Å²) in [4.78, 5) is 22.2. The number of carbonyl (C=O) groups excluding carboxylic acids is 1. The Morgan fingerprint density at radius 2 is 2.00 bits per heavy atom. The van der Waals surface area contributed by atoms with Crippen LogP contribution in [0.1, 0.15) is 40.0 Å². The third-order valence-corrected chi connectivity index (χ3v) is 5.76. The van der Waals surface area contributed by atoms with Gasteiger partial charge in [0, 0.05) is 36.9 Å². The molecule has 0 aliphatic carbocycles. The van der Waals surface area contributed by atoms with Crippen LogP contribution in [0.25, 0.3) is 10.9 Å². The minimum Gasteiger partial charge on any atom is -0.469 e. The number of rotatable bonds is 3. The fourth-order valence-electron chi connectivity index (χ4n) is 2.98. The summed E-state index contributed by atoms with van der Waals surface area (Å²) in [6.07, 6.45) is 4.09. The van der Waals surface area contributed by atoms with Crippen LogP contribution in [0.4, 0.5) is 4.79 Å². The van der Waals surface area contributed by atoms with Gasteiger partial charge in [0.2, 0.25) is 15.0 Å². The molecule has 8 nitrogen and oxygen atoms in total. The molecule has 158 valence electrons. The first-order valence-corrected chi connectivity index (χ1v) is 11.9. The number of likely N-dealkylation sites (tertiary alicyclic amines) is 1. The Hall–Kier alpha value is -1.94. The molecule has 2 aromatic rings. The Bertz CT molecular complexity index is 1040. The first kappa shape index (κ1) is 21.8. The Balaban J connectivity index is 1.90. The first-order chi connectivity index (χ1) is 13.4. The van der Waals surface area contributed by atoms with Gasteiger partial charge in [-0.2, -0.15) is 0 Å². The summed E-state index contributed by atoms with van der Waals surface area (Å²) in [6, 6.07) is 3.41. The van der Waals surface area contributed by atoms with E-state index in [1.54, 1.807) is 17.0 Å². The molecule has 0 radical (unpaired) electrons. The quantitative estimate of drug-likeness (QED) is 0.607. The van der Waals surface area contributed by atoms with Crippen LogP contribution < -0.4 is 4.74 Å². The maximum atomic E-state index is 12.6. The zero-order chi connectivity index (χ0) is 21.4. The molecule has 1 aliphatic rings. The molecule has 1 amide bonds. The average Bonchev–Trinajstić information content (AvgIpc) is 2.60. The van der Waals surface area contributed by atoms with Crippen LogP contribution in [0, 0.1) is 0 Å². The minimum absolute atomic E-state index is 0.244. The predicted octanol–water partition coefficient (Wildman–Crippen LogP) is 3.92. The summed E-state index contributed by atoms with van der Waals surface area (Å²) in [5, 5.41) is 0.426. The fourth-order valence-corrected chi connectivity index (χ4v) is 3.95. The van der Waals surface area contributed by atoms with Crippen molar-refractivity contribution < 1.29 is 22.7 Å². The predicted molar refractivity (Wildman–Crippen MR) is 112 cm³/mol. The molecule has 1 atom stereocenters.